The second-order valence-electron chi connectivity index (χ2n) is 2.29. The van der Waals surface area contributed by atoms with Gasteiger partial charge in [0.1, 0.15) is 0 Å². The van der Waals surface area contributed by atoms with Crippen LogP contribution in [0.1, 0.15) is 5.69 Å². The van der Waals surface area contributed by atoms with E-state index in [1.807, 2.05) is 5.38 Å². The minimum absolute atomic E-state index is 0.0861. The Hall–Kier alpha value is -1.30. The van der Waals surface area contributed by atoms with E-state index in [4.69, 9.17) is 10.9 Å². The fraction of sp³-hybridized carbons (Fsp3) is 0.333. The van der Waals surface area contributed by atoms with Crippen molar-refractivity contribution in [3.8, 4) is 0 Å². The van der Waals surface area contributed by atoms with Crippen LogP contribution in [0.15, 0.2) is 16.0 Å². The van der Waals surface area contributed by atoms with Crippen LogP contribution in [0.4, 0.5) is 0 Å². The Morgan fingerprint density at radius 3 is 3.17 bits per heavy atom. The Balaban J connectivity index is 2.53. The van der Waals surface area contributed by atoms with Crippen molar-refractivity contribution in [2.45, 2.75) is 6.54 Å². The van der Waals surface area contributed by atoms with Gasteiger partial charge in [-0.05, 0) is 0 Å². The molecule has 1 aromatic rings. The predicted molar refractivity (Wildman–Crippen MR) is 47.0 cm³/mol. The first-order chi connectivity index (χ1) is 5.74. The van der Waals surface area contributed by atoms with Crippen LogP contribution in [0.5, 0.6) is 0 Å². The van der Waals surface area contributed by atoms with E-state index in [9.17, 15) is 0 Å². The van der Waals surface area contributed by atoms with Gasteiger partial charge in [-0.15, -0.1) is 11.3 Å². The average molecular weight is 186 g/mol. The molecule has 1 rings (SSSR count). The monoisotopic (exact) mass is 186 g/mol. The van der Waals surface area contributed by atoms with E-state index < -0.39 is 0 Å². The zero-order valence-electron chi connectivity index (χ0n) is 6.64. The number of oxime groups is 1. The molecule has 0 saturated carbocycles. The van der Waals surface area contributed by atoms with Crippen LogP contribution in [0.3, 0.4) is 0 Å². The second-order valence-corrected chi connectivity index (χ2v) is 3.01. The van der Waals surface area contributed by atoms with Crippen LogP contribution in [-0.4, -0.2) is 28.1 Å². The molecule has 0 atom stereocenters. The first kappa shape index (κ1) is 8.79. The zero-order valence-corrected chi connectivity index (χ0v) is 7.45. The van der Waals surface area contributed by atoms with E-state index >= 15 is 0 Å². The van der Waals surface area contributed by atoms with Gasteiger partial charge >= 0.3 is 0 Å². The van der Waals surface area contributed by atoms with Gasteiger partial charge in [-0.3, -0.25) is 0 Å². The number of nitrogens with two attached hydrogens (primary N) is 1. The Morgan fingerprint density at radius 2 is 2.67 bits per heavy atom. The smallest absolute Gasteiger partial charge is 0.233 e. The number of guanidine groups is 1. The summed E-state index contributed by atoms with van der Waals surface area (Å²) in [5.41, 5.74) is 7.99. The van der Waals surface area contributed by atoms with Gasteiger partial charge in [0.25, 0.3) is 0 Å². The number of thiazole rings is 1. The molecule has 0 aliphatic heterocycles. The SMILES string of the molecule is CN(Cc1cscn1)C(N)=NO. The van der Waals surface area contributed by atoms with Crippen LogP contribution in [-0.2, 0) is 6.54 Å². The maximum absolute atomic E-state index is 8.34. The molecule has 12 heavy (non-hydrogen) atoms. The molecule has 0 aromatic carbocycles. The first-order valence-corrected chi connectivity index (χ1v) is 4.24. The van der Waals surface area contributed by atoms with Gasteiger partial charge in [0.2, 0.25) is 5.96 Å². The number of rotatable bonds is 2. The van der Waals surface area contributed by atoms with Crippen LogP contribution in [0.2, 0.25) is 0 Å². The van der Waals surface area contributed by atoms with Crippen molar-refractivity contribution in [3.05, 3.63) is 16.6 Å². The highest BCUT2D eigenvalue weighted by Crippen LogP contribution is 2.03. The number of nitrogens with zero attached hydrogens (tertiary/aromatic N) is 3. The number of aromatic nitrogens is 1. The Morgan fingerprint density at radius 1 is 1.92 bits per heavy atom. The molecule has 0 aliphatic rings. The third-order valence-corrected chi connectivity index (χ3v) is 2.01. The van der Waals surface area contributed by atoms with Gasteiger partial charge in [-0.2, -0.15) is 0 Å². The lowest BCUT2D eigenvalue weighted by molar-refractivity contribution is 0.303. The van der Waals surface area contributed by atoms with Crippen LogP contribution in [0, 0.1) is 0 Å². The highest BCUT2D eigenvalue weighted by molar-refractivity contribution is 7.07. The van der Waals surface area contributed by atoms with E-state index in [-0.39, 0.29) is 5.96 Å². The minimum Gasteiger partial charge on any atom is -0.408 e. The molecule has 5 nitrogen and oxygen atoms in total. The molecule has 0 fully saturated rings. The summed E-state index contributed by atoms with van der Waals surface area (Å²) in [6, 6.07) is 0. The van der Waals surface area contributed by atoms with Crippen molar-refractivity contribution < 1.29 is 5.21 Å². The standard InChI is InChI=1S/C6H10N4OS/c1-10(6(7)9-11)2-5-3-12-4-8-5/h3-4,11H,2H2,1H3,(H2,7,9). The lowest BCUT2D eigenvalue weighted by Crippen LogP contribution is -2.33. The fourth-order valence-electron chi connectivity index (χ4n) is 0.716. The average Bonchev–Trinajstić information content (AvgIpc) is 2.55. The van der Waals surface area contributed by atoms with Gasteiger partial charge in [0.05, 0.1) is 17.7 Å². The van der Waals surface area contributed by atoms with Crippen LogP contribution in [0.25, 0.3) is 0 Å². The molecule has 0 spiro atoms. The molecule has 0 bridgehead atoms. The van der Waals surface area contributed by atoms with Crippen LogP contribution >= 0.6 is 11.3 Å². The normalized spacial score (nSPS) is 11.6. The van der Waals surface area contributed by atoms with E-state index in [1.165, 1.54) is 11.3 Å². The summed E-state index contributed by atoms with van der Waals surface area (Å²) in [4.78, 5) is 5.66. The molecule has 0 unspecified atom stereocenters. The number of hydrogen-bond donors (Lipinski definition) is 2. The highest BCUT2D eigenvalue weighted by Gasteiger charge is 2.03. The fourth-order valence-corrected chi connectivity index (χ4v) is 1.27. The maximum Gasteiger partial charge on any atom is 0.233 e. The summed E-state index contributed by atoms with van der Waals surface area (Å²) in [5.74, 6) is 0.0861. The molecule has 6 heteroatoms. The third kappa shape index (κ3) is 2.09. The summed E-state index contributed by atoms with van der Waals surface area (Å²) in [6.45, 7) is 0.555. The van der Waals surface area contributed by atoms with Crippen molar-refractivity contribution in [2.24, 2.45) is 10.9 Å². The van der Waals surface area contributed by atoms with Crippen molar-refractivity contribution in [1.29, 1.82) is 0 Å². The summed E-state index contributed by atoms with van der Waals surface area (Å²) in [5, 5.41) is 13.1. The second kappa shape index (κ2) is 3.91. The zero-order chi connectivity index (χ0) is 8.97. The molecule has 1 heterocycles. The maximum atomic E-state index is 8.34. The van der Waals surface area contributed by atoms with Gasteiger partial charge in [-0.25, -0.2) is 4.98 Å². The van der Waals surface area contributed by atoms with Gasteiger partial charge in [-0.1, -0.05) is 5.16 Å². The van der Waals surface area contributed by atoms with Crippen LogP contribution < -0.4 is 5.73 Å². The summed E-state index contributed by atoms with van der Waals surface area (Å²) in [7, 11) is 1.73. The Bertz CT molecular complexity index is 259. The van der Waals surface area contributed by atoms with Crippen molar-refractivity contribution in [2.75, 3.05) is 7.05 Å². The highest BCUT2D eigenvalue weighted by atomic mass is 32.1. The molecular weight excluding hydrogens is 176 g/mol. The van der Waals surface area contributed by atoms with E-state index in [2.05, 4.69) is 10.1 Å². The Kier molecular flexibility index (Phi) is 2.87. The largest absolute Gasteiger partial charge is 0.408 e. The van der Waals surface area contributed by atoms with Crippen molar-refractivity contribution in [3.63, 3.8) is 0 Å². The molecule has 0 radical (unpaired) electrons. The summed E-state index contributed by atoms with van der Waals surface area (Å²) in [6.07, 6.45) is 0. The molecule has 3 N–H and O–H groups in total. The summed E-state index contributed by atoms with van der Waals surface area (Å²) < 4.78 is 0. The Labute approximate surface area is 74.1 Å². The molecular formula is C6H10N4OS. The molecule has 0 amide bonds. The number of hydrogen-bond acceptors (Lipinski definition) is 4. The first-order valence-electron chi connectivity index (χ1n) is 3.29. The lowest BCUT2D eigenvalue weighted by Gasteiger charge is -2.14. The molecule has 1 aromatic heterocycles. The minimum atomic E-state index is 0.0861. The van der Waals surface area contributed by atoms with E-state index in [0.29, 0.717) is 6.54 Å². The van der Waals surface area contributed by atoms with Crippen molar-refractivity contribution >= 4 is 17.3 Å². The lowest BCUT2D eigenvalue weighted by atomic mass is 10.4. The van der Waals surface area contributed by atoms with Gasteiger partial charge in [0, 0.05) is 12.4 Å². The molecule has 0 saturated heterocycles. The van der Waals surface area contributed by atoms with Gasteiger partial charge < -0.3 is 15.8 Å². The summed E-state index contributed by atoms with van der Waals surface area (Å²) >= 11 is 1.52. The van der Waals surface area contributed by atoms with Gasteiger partial charge in [0.15, 0.2) is 0 Å². The van der Waals surface area contributed by atoms with Crippen molar-refractivity contribution in [1.82, 2.24) is 9.88 Å². The third-order valence-electron chi connectivity index (χ3n) is 1.38. The quantitative estimate of drug-likeness (QED) is 0.301. The molecule has 66 valence electrons. The van der Waals surface area contributed by atoms with E-state index in [0.717, 1.165) is 5.69 Å². The molecule has 0 aliphatic carbocycles. The van der Waals surface area contributed by atoms with E-state index in [1.54, 1.807) is 17.5 Å². The predicted octanol–water partition coefficient (Wildman–Crippen LogP) is 0.279. The topological polar surface area (TPSA) is 74.7 Å².